The van der Waals surface area contributed by atoms with E-state index < -0.39 is 38.4 Å². The van der Waals surface area contributed by atoms with Gasteiger partial charge in [-0.2, -0.15) is 10.1 Å². The minimum Gasteiger partial charge on any atom is -0.476 e. The Hall–Kier alpha value is -2.80. The highest BCUT2D eigenvalue weighted by atomic mass is 28.4. The second-order valence-corrected chi connectivity index (χ2v) is 20.4. The summed E-state index contributed by atoms with van der Waals surface area (Å²) in [6, 6.07) is 0.607. The van der Waals surface area contributed by atoms with Crippen molar-refractivity contribution in [1.82, 2.24) is 25.1 Å². The van der Waals surface area contributed by atoms with E-state index in [0.29, 0.717) is 11.7 Å². The van der Waals surface area contributed by atoms with Crippen LogP contribution in [0.15, 0.2) is 18.5 Å². The molecule has 0 aromatic carbocycles. The lowest BCUT2D eigenvalue weighted by Gasteiger charge is -2.38. The summed E-state index contributed by atoms with van der Waals surface area (Å²) in [6.45, 7) is 23.5. The van der Waals surface area contributed by atoms with Crippen molar-refractivity contribution >= 4 is 26.0 Å². The molecular formula is C32H54F2N6O4Si. The average molecular weight is 653 g/mol. The molecule has 254 valence electrons. The van der Waals surface area contributed by atoms with E-state index in [0.717, 1.165) is 30.8 Å². The summed E-state index contributed by atoms with van der Waals surface area (Å²) < 4.78 is 48.7. The van der Waals surface area contributed by atoms with Crippen LogP contribution in [0.25, 0.3) is 0 Å². The molecule has 10 nitrogen and oxygen atoms in total. The Morgan fingerprint density at radius 3 is 2.36 bits per heavy atom. The number of hydrogen-bond donors (Lipinski definition) is 2. The van der Waals surface area contributed by atoms with Gasteiger partial charge in [-0.1, -0.05) is 20.8 Å². The molecule has 0 unspecified atom stereocenters. The maximum absolute atomic E-state index is 14.7. The molecule has 13 heteroatoms. The molecule has 0 saturated heterocycles. The third-order valence-corrected chi connectivity index (χ3v) is 12.9. The summed E-state index contributed by atoms with van der Waals surface area (Å²) in [5.41, 5.74) is -0.0935. The minimum absolute atomic E-state index is 0.104. The quantitative estimate of drug-likeness (QED) is 0.234. The SMILES string of the molecule is C[C@H](NC(=O)OC(C)(C)C)C(F)(F)CCOc1cncc(Nc2cc([C@H]3CC[C@@H](O[Si](C)(C)C(C)(C)C)C3)nn2C(C)(C)C)n1. The van der Waals surface area contributed by atoms with Gasteiger partial charge in [-0.15, -0.1) is 0 Å². The zero-order chi connectivity index (χ0) is 34.0. The molecule has 2 N–H and O–H groups in total. The minimum atomic E-state index is -3.23. The summed E-state index contributed by atoms with van der Waals surface area (Å²) in [6.07, 6.45) is 4.59. The number of ether oxygens (including phenoxy) is 2. The van der Waals surface area contributed by atoms with Crippen molar-refractivity contribution in [3.8, 4) is 5.88 Å². The number of aromatic nitrogens is 4. The molecule has 1 aliphatic carbocycles. The second-order valence-electron chi connectivity index (χ2n) is 15.6. The second kappa shape index (κ2) is 13.5. The number of nitrogens with one attached hydrogen (secondary N) is 2. The molecule has 2 heterocycles. The Labute approximate surface area is 268 Å². The van der Waals surface area contributed by atoms with Crippen molar-refractivity contribution in [2.75, 3.05) is 11.9 Å². The van der Waals surface area contributed by atoms with Gasteiger partial charge in [0.1, 0.15) is 11.4 Å². The van der Waals surface area contributed by atoms with Crippen molar-refractivity contribution in [3.05, 3.63) is 24.2 Å². The summed E-state index contributed by atoms with van der Waals surface area (Å²) >= 11 is 0. The van der Waals surface area contributed by atoms with Gasteiger partial charge in [0, 0.05) is 24.5 Å². The van der Waals surface area contributed by atoms with Gasteiger partial charge in [0.05, 0.1) is 36.3 Å². The number of alkyl halides is 2. The molecule has 45 heavy (non-hydrogen) atoms. The highest BCUT2D eigenvalue weighted by Gasteiger charge is 2.42. The molecule has 3 rings (SSSR count). The normalized spacial score (nSPS) is 18.9. The van der Waals surface area contributed by atoms with Crippen LogP contribution >= 0.6 is 0 Å². The average Bonchev–Trinajstić information content (AvgIpc) is 3.49. The number of hydrogen-bond acceptors (Lipinski definition) is 8. The lowest BCUT2D eigenvalue weighted by molar-refractivity contribution is -0.0505. The number of alkyl carbamates (subject to hydrolysis) is 1. The van der Waals surface area contributed by atoms with Crippen LogP contribution in [0.4, 0.5) is 25.2 Å². The first-order valence-corrected chi connectivity index (χ1v) is 18.8. The molecule has 1 fully saturated rings. The highest BCUT2D eigenvalue weighted by molar-refractivity contribution is 6.74. The van der Waals surface area contributed by atoms with Crippen LogP contribution in [0.5, 0.6) is 5.88 Å². The van der Waals surface area contributed by atoms with Gasteiger partial charge in [-0.3, -0.25) is 4.98 Å². The van der Waals surface area contributed by atoms with Crippen molar-refractivity contribution in [2.24, 2.45) is 0 Å². The summed E-state index contributed by atoms with van der Waals surface area (Å²) in [4.78, 5) is 20.6. The van der Waals surface area contributed by atoms with Gasteiger partial charge in [0.15, 0.2) is 14.1 Å². The third-order valence-electron chi connectivity index (χ3n) is 8.35. The fourth-order valence-corrected chi connectivity index (χ4v) is 6.22. The number of rotatable bonds is 11. The highest BCUT2D eigenvalue weighted by Crippen LogP contribution is 2.43. The Morgan fingerprint density at radius 1 is 1.09 bits per heavy atom. The van der Waals surface area contributed by atoms with Crippen LogP contribution in [-0.4, -0.2) is 64.4 Å². The number of carbonyl (C=O) groups is 1. The summed E-state index contributed by atoms with van der Waals surface area (Å²) in [5, 5.41) is 10.7. The van der Waals surface area contributed by atoms with Gasteiger partial charge in [0.25, 0.3) is 5.92 Å². The number of carbonyl (C=O) groups excluding carboxylic acids is 1. The molecule has 1 saturated carbocycles. The maximum Gasteiger partial charge on any atom is 0.408 e. The van der Waals surface area contributed by atoms with Crippen LogP contribution in [0, 0.1) is 0 Å². The van der Waals surface area contributed by atoms with Crippen LogP contribution in [0.1, 0.15) is 107 Å². The number of halogens is 2. The van der Waals surface area contributed by atoms with Crippen molar-refractivity contribution in [3.63, 3.8) is 0 Å². The fraction of sp³-hybridized carbons (Fsp3) is 0.750. The predicted molar refractivity (Wildman–Crippen MR) is 175 cm³/mol. The van der Waals surface area contributed by atoms with Gasteiger partial charge in [0.2, 0.25) is 5.88 Å². The van der Waals surface area contributed by atoms with E-state index in [-0.39, 0.29) is 29.2 Å². The Morgan fingerprint density at radius 2 is 1.76 bits per heavy atom. The largest absolute Gasteiger partial charge is 0.476 e. The zero-order valence-electron chi connectivity index (χ0n) is 29.2. The first kappa shape index (κ1) is 36.7. The summed E-state index contributed by atoms with van der Waals surface area (Å²) in [5.74, 6) is -1.68. The molecule has 2 aromatic heterocycles. The van der Waals surface area contributed by atoms with E-state index in [1.807, 2.05) is 4.68 Å². The first-order valence-electron chi connectivity index (χ1n) is 15.8. The van der Waals surface area contributed by atoms with E-state index in [1.165, 1.54) is 13.1 Å². The lowest BCUT2D eigenvalue weighted by atomic mass is 10.0. The van der Waals surface area contributed by atoms with E-state index >= 15 is 0 Å². The molecule has 0 bridgehead atoms. The van der Waals surface area contributed by atoms with Crippen LogP contribution in [-0.2, 0) is 14.7 Å². The molecule has 1 aliphatic rings. The topological polar surface area (TPSA) is 112 Å². The molecule has 0 aliphatic heterocycles. The zero-order valence-corrected chi connectivity index (χ0v) is 30.2. The van der Waals surface area contributed by atoms with Crippen molar-refractivity contribution in [1.29, 1.82) is 0 Å². The summed E-state index contributed by atoms with van der Waals surface area (Å²) in [7, 11) is -1.86. The van der Waals surface area contributed by atoms with E-state index in [4.69, 9.17) is 19.0 Å². The monoisotopic (exact) mass is 652 g/mol. The Kier molecular flexibility index (Phi) is 11.0. The van der Waals surface area contributed by atoms with E-state index in [1.54, 1.807) is 27.0 Å². The van der Waals surface area contributed by atoms with Crippen LogP contribution in [0.2, 0.25) is 18.1 Å². The standard InChI is InChI=1S/C32H54F2N6O4Si/c1-21(36-28(41)43-30(5,6)7)32(33,34)15-16-42-27-20-35-19-25(38-27)37-26-18-24(39-40(26)29(2,3)4)22-13-14-23(17-22)44-45(11,12)31(8,9)10/h18-23H,13-17H2,1-12H3,(H,36,41)(H,37,38)/t21-,22-,23+/m0/s1. The smallest absolute Gasteiger partial charge is 0.408 e. The van der Waals surface area contributed by atoms with Crippen molar-refractivity contribution < 1.29 is 27.5 Å². The number of anilines is 2. The van der Waals surface area contributed by atoms with Gasteiger partial charge >= 0.3 is 6.09 Å². The Balaban J connectivity index is 1.65. The van der Waals surface area contributed by atoms with Gasteiger partial charge in [-0.25, -0.2) is 18.3 Å². The molecule has 2 aromatic rings. The van der Waals surface area contributed by atoms with Gasteiger partial charge < -0.3 is 24.5 Å². The number of amides is 1. The van der Waals surface area contributed by atoms with Crippen molar-refractivity contribution in [2.45, 2.75) is 148 Å². The van der Waals surface area contributed by atoms with Crippen LogP contribution < -0.4 is 15.4 Å². The third kappa shape index (κ3) is 10.4. The molecule has 3 atom stereocenters. The van der Waals surface area contributed by atoms with Crippen LogP contribution in [0.3, 0.4) is 0 Å². The molecule has 1 amide bonds. The molecule has 0 radical (unpaired) electrons. The first-order chi connectivity index (χ1) is 20.5. The number of nitrogens with zero attached hydrogens (tertiary/aromatic N) is 4. The van der Waals surface area contributed by atoms with E-state index in [2.05, 4.69) is 81.3 Å². The molecule has 0 spiro atoms. The lowest BCUT2D eigenvalue weighted by Crippen LogP contribution is -2.47. The maximum atomic E-state index is 14.7. The predicted octanol–water partition coefficient (Wildman–Crippen LogP) is 8.15. The van der Waals surface area contributed by atoms with E-state index in [9.17, 15) is 13.6 Å². The van der Waals surface area contributed by atoms with Gasteiger partial charge in [-0.05, 0) is 85.9 Å². The Bertz CT molecular complexity index is 1300. The molecular weight excluding hydrogens is 598 g/mol. The fourth-order valence-electron chi connectivity index (χ4n) is 4.82.